The van der Waals surface area contributed by atoms with Crippen LogP contribution in [0.15, 0.2) is 114 Å². The van der Waals surface area contributed by atoms with Gasteiger partial charge in [0.15, 0.2) is 0 Å². The highest BCUT2D eigenvalue weighted by Crippen LogP contribution is 2.48. The van der Waals surface area contributed by atoms with Crippen LogP contribution in [0.3, 0.4) is 0 Å². The number of carbonyl (C=O) groups is 11. The van der Waals surface area contributed by atoms with E-state index in [0.29, 0.717) is 62.4 Å². The molecule has 1 saturated heterocycles. The van der Waals surface area contributed by atoms with Gasteiger partial charge in [0.2, 0.25) is 47.0 Å². The molecule has 0 spiro atoms. The van der Waals surface area contributed by atoms with Gasteiger partial charge in [-0.2, -0.15) is 11.8 Å². The summed E-state index contributed by atoms with van der Waals surface area (Å²) in [6.45, 7) is 4.42. The van der Waals surface area contributed by atoms with Crippen molar-refractivity contribution in [3.63, 3.8) is 0 Å². The monoisotopic (exact) mass is 1350 g/mol. The summed E-state index contributed by atoms with van der Waals surface area (Å²) in [6.07, 6.45) is 1.42. The number of nitrogens with one attached hydrogen (secondary N) is 6. The van der Waals surface area contributed by atoms with Gasteiger partial charge >= 0.3 is 18.0 Å². The Balaban J connectivity index is 0.669. The van der Waals surface area contributed by atoms with Gasteiger partial charge < -0.3 is 55.6 Å². The first-order valence-corrected chi connectivity index (χ1v) is 32.9. The zero-order valence-electron chi connectivity index (χ0n) is 54.3. The summed E-state index contributed by atoms with van der Waals surface area (Å²) < 4.78 is 34.4. The van der Waals surface area contributed by atoms with Gasteiger partial charge in [0, 0.05) is 66.7 Å². The summed E-state index contributed by atoms with van der Waals surface area (Å²) in [4.78, 5) is 168. The van der Waals surface area contributed by atoms with Gasteiger partial charge in [0.25, 0.3) is 11.5 Å². The fourth-order valence-electron chi connectivity index (χ4n) is 12.7. The third kappa shape index (κ3) is 14.0. The highest BCUT2D eigenvalue weighted by Gasteiger charge is 2.51. The Hall–Kier alpha value is -11.1. The zero-order chi connectivity index (χ0) is 69.9. The largest absolute Gasteiger partial charge is 0.457 e. The molecule has 9 amide bonds. The summed E-state index contributed by atoms with van der Waals surface area (Å²) in [5.41, 5.74) is 3.99. The van der Waals surface area contributed by atoms with Crippen molar-refractivity contribution < 1.29 is 71.3 Å². The van der Waals surface area contributed by atoms with Crippen LogP contribution in [0.2, 0.25) is 0 Å². The van der Waals surface area contributed by atoms with Crippen LogP contribution in [-0.2, 0) is 97.3 Å². The first-order valence-electron chi connectivity index (χ1n) is 31.6. The third-order valence-corrected chi connectivity index (χ3v) is 18.7. The molecule has 7 aromatic rings. The quantitative estimate of drug-likeness (QED) is 0.0246. The molecule has 25 nitrogen and oxygen atoms in total. The molecule has 2 aromatic heterocycles. The van der Waals surface area contributed by atoms with Crippen molar-refractivity contribution in [3.05, 3.63) is 192 Å². The Labute approximate surface area is 564 Å². The number of benzene rings is 5. The van der Waals surface area contributed by atoms with Crippen molar-refractivity contribution in [2.24, 2.45) is 0 Å². The van der Waals surface area contributed by atoms with Gasteiger partial charge in [0.1, 0.15) is 25.1 Å². The van der Waals surface area contributed by atoms with E-state index in [2.05, 4.69) is 31.9 Å². The molecule has 11 rings (SSSR count). The Morgan fingerprint density at radius 3 is 2.24 bits per heavy atom. The predicted molar refractivity (Wildman–Crippen MR) is 356 cm³/mol. The number of cyclic esters (lactones) is 1. The van der Waals surface area contributed by atoms with E-state index in [1.165, 1.54) is 52.5 Å². The number of halogens is 1. The van der Waals surface area contributed by atoms with Crippen molar-refractivity contribution in [2.75, 3.05) is 43.2 Å². The van der Waals surface area contributed by atoms with E-state index in [1.807, 2.05) is 0 Å². The molecule has 5 heterocycles. The number of nitrogens with zero attached hydrogens (tertiary/aromatic N) is 4. The van der Waals surface area contributed by atoms with E-state index in [-0.39, 0.29) is 85.1 Å². The lowest BCUT2D eigenvalue weighted by Crippen LogP contribution is -2.52. The Morgan fingerprint density at radius 2 is 1.52 bits per heavy atom. The number of thioether (sulfide) groups is 1. The number of esters is 2. The van der Waals surface area contributed by atoms with Crippen LogP contribution in [0.1, 0.15) is 116 Å². The molecule has 1 aliphatic carbocycles. The van der Waals surface area contributed by atoms with Gasteiger partial charge in [-0.15, -0.1) is 0 Å². The number of ether oxygens (including phenoxy) is 3. The van der Waals surface area contributed by atoms with E-state index >= 15 is 4.39 Å². The van der Waals surface area contributed by atoms with E-state index in [0.717, 1.165) is 21.4 Å². The van der Waals surface area contributed by atoms with Crippen LogP contribution in [0.4, 0.5) is 20.6 Å². The number of aromatic nitrogens is 2. The summed E-state index contributed by atoms with van der Waals surface area (Å²) in [5, 5.41) is 15.9. The number of hydrogen-bond acceptors (Lipinski definition) is 17. The molecule has 506 valence electrons. The van der Waals surface area contributed by atoms with Crippen LogP contribution in [0, 0.1) is 19.7 Å². The van der Waals surface area contributed by atoms with Crippen molar-refractivity contribution in [3.8, 4) is 11.4 Å². The minimum atomic E-state index is -2.11. The van der Waals surface area contributed by atoms with Crippen molar-refractivity contribution >= 4 is 99.3 Å². The minimum absolute atomic E-state index is 0.00370. The standard InChI is InChI=1S/C71H69FN10O15S/c1-7-56(83)77-51-26-46-38(4)50(72)28-52-61(46)62(51)47-34-81-54(63(47)79-52)27-49-48(66(81)90)36-95-69(93)71(49,8-2)97-68(92)45-17-13-12-16-41(45)33-80(5)70(94)96-35-40-18-20-43(21-19-40)76-58(85)32-75-65(89)53(24-39-14-10-9-11-15-39)78-59(86)31-73-57(84)30-74-64(88)42-22-37(3)23-44(25-42)82-60(87)29-55(98-6)67(82)91/h9-23,25,27-28,51,53,55H,7-8,24,26,29-36H2,1-6H3,(H,73,84)(H,74,88)(H,75,89)(H,76,85)(H,77,83)(H,78,86)/t51-,53-,55?,71-/m0/s1. The van der Waals surface area contributed by atoms with Crippen LogP contribution >= 0.6 is 11.8 Å². The summed E-state index contributed by atoms with van der Waals surface area (Å²) in [7, 11) is 1.46. The van der Waals surface area contributed by atoms with Gasteiger partial charge in [-0.25, -0.2) is 28.7 Å². The second kappa shape index (κ2) is 28.7. The van der Waals surface area contributed by atoms with E-state index in [1.54, 1.807) is 119 Å². The number of hydrogen-bond donors (Lipinski definition) is 6. The normalized spacial score (nSPS) is 16.6. The third-order valence-electron chi connectivity index (χ3n) is 17.7. The van der Waals surface area contributed by atoms with Gasteiger partial charge in [-0.3, -0.25) is 43.2 Å². The molecular formula is C71H69FN10O15S. The molecular weight excluding hydrogens is 1280 g/mol. The molecule has 98 heavy (non-hydrogen) atoms. The van der Waals surface area contributed by atoms with Crippen LogP contribution in [-0.4, -0.2) is 124 Å². The second-order valence-corrected chi connectivity index (χ2v) is 25.2. The Bertz CT molecular complexity index is 4550. The minimum Gasteiger partial charge on any atom is -0.457 e. The number of fused-ring (bicyclic) bond motifs is 5. The number of imide groups is 1. The summed E-state index contributed by atoms with van der Waals surface area (Å²) in [6, 6.07) is 27.1. The maximum atomic E-state index is 15.5. The Kier molecular flexibility index (Phi) is 20.0. The van der Waals surface area contributed by atoms with Gasteiger partial charge in [-0.1, -0.05) is 74.5 Å². The molecule has 0 radical (unpaired) electrons. The molecule has 1 fully saturated rings. The molecule has 27 heteroatoms. The highest BCUT2D eigenvalue weighted by molar-refractivity contribution is 8.00. The zero-order valence-corrected chi connectivity index (χ0v) is 55.1. The molecule has 0 bridgehead atoms. The molecule has 5 aromatic carbocycles. The van der Waals surface area contributed by atoms with E-state index < -0.39 is 114 Å². The lowest BCUT2D eigenvalue weighted by Gasteiger charge is -2.35. The number of anilines is 2. The molecule has 1 unspecified atom stereocenters. The van der Waals surface area contributed by atoms with Gasteiger partial charge in [-0.05, 0) is 114 Å². The average molecular weight is 1350 g/mol. The number of pyridine rings is 2. The van der Waals surface area contributed by atoms with Crippen LogP contribution in [0.5, 0.6) is 0 Å². The van der Waals surface area contributed by atoms with Gasteiger partial charge in [0.05, 0.1) is 71.2 Å². The molecule has 6 N–H and O–H groups in total. The predicted octanol–water partition coefficient (Wildman–Crippen LogP) is 5.92. The first-order chi connectivity index (χ1) is 47.0. The summed E-state index contributed by atoms with van der Waals surface area (Å²) in [5.74, 6) is -6.76. The smallest absolute Gasteiger partial charge is 0.410 e. The van der Waals surface area contributed by atoms with Crippen molar-refractivity contribution in [1.29, 1.82) is 0 Å². The number of amides is 9. The van der Waals surface area contributed by atoms with E-state index in [9.17, 15) is 57.5 Å². The van der Waals surface area contributed by atoms with E-state index in [4.69, 9.17) is 19.2 Å². The molecule has 0 saturated carbocycles. The summed E-state index contributed by atoms with van der Waals surface area (Å²) >= 11 is 1.26. The topological polar surface area (TPSA) is 329 Å². The molecule has 4 atom stereocenters. The highest BCUT2D eigenvalue weighted by atomic mass is 32.2. The van der Waals surface area contributed by atoms with Crippen molar-refractivity contribution in [2.45, 2.75) is 109 Å². The SMILES string of the molecule is CCC(=O)N[C@H]1Cc2c(C)c(F)cc3nc4c(c1c23)Cn1c-4cc2c(c1=O)COC(=O)[C@@]2(CC)OC(=O)c1ccccc1CN(C)C(=O)OCc1ccc(NC(=O)CNC(=O)[C@H](Cc2ccccc2)NC(=O)CNC(=O)CNC(=O)c2cc(C)cc(N3C(=O)CC(SC)C3=O)c2)cc1. The maximum absolute atomic E-state index is 15.5. The lowest BCUT2D eigenvalue weighted by atomic mass is 9.85. The second-order valence-electron chi connectivity index (χ2n) is 24.2. The molecule has 4 aliphatic rings. The fourth-order valence-corrected chi connectivity index (χ4v) is 13.3. The lowest BCUT2D eigenvalue weighted by molar-refractivity contribution is -0.173. The average Bonchev–Trinajstić information content (AvgIpc) is 1.18. The van der Waals surface area contributed by atoms with Crippen LogP contribution in [0.25, 0.3) is 22.3 Å². The number of aryl methyl sites for hydroxylation is 1. The fraction of sp³-hybridized carbons (Fsp3) is 0.310. The number of carbonyl (C=O) groups excluding carboxylic acids is 11. The van der Waals surface area contributed by atoms with Crippen molar-refractivity contribution in [1.82, 2.24) is 41.0 Å². The maximum Gasteiger partial charge on any atom is 0.410 e. The molecule has 3 aliphatic heterocycles. The first kappa shape index (κ1) is 68.3. The number of rotatable bonds is 23. The van der Waals surface area contributed by atoms with Crippen LogP contribution < -0.4 is 42.4 Å². The Morgan fingerprint density at radius 1 is 0.796 bits per heavy atom.